The van der Waals surface area contributed by atoms with Crippen molar-refractivity contribution in [1.82, 2.24) is 0 Å². The number of ketones is 1. The molecule has 0 saturated carbocycles. The van der Waals surface area contributed by atoms with Crippen LogP contribution in [0.25, 0.3) is 0 Å². The Kier molecular flexibility index (Phi) is 3.52. The number of aliphatic hydroxyl groups is 1. The van der Waals surface area contributed by atoms with Crippen LogP contribution in [0.2, 0.25) is 0 Å². The average molecular weight is 214 g/mol. The lowest BCUT2D eigenvalue weighted by molar-refractivity contribution is 0.0643. The van der Waals surface area contributed by atoms with Gasteiger partial charge in [0.1, 0.15) is 17.7 Å². The molecule has 1 unspecified atom stereocenters. The third-order valence-electron chi connectivity index (χ3n) is 2.10. The summed E-state index contributed by atoms with van der Waals surface area (Å²) in [5.41, 5.74) is -0.280. The van der Waals surface area contributed by atoms with Crippen molar-refractivity contribution in [2.24, 2.45) is 5.92 Å². The first-order chi connectivity index (χ1) is 6.93. The molecule has 0 spiro atoms. The Morgan fingerprint density at radius 2 is 1.93 bits per heavy atom. The van der Waals surface area contributed by atoms with E-state index in [9.17, 15) is 18.7 Å². The SMILES string of the molecule is CC(C)C(O)C(=O)c1ccc(F)cc1F. The molecule has 0 amide bonds. The summed E-state index contributed by atoms with van der Waals surface area (Å²) in [6.07, 6.45) is -1.26. The maximum absolute atomic E-state index is 13.2. The molecule has 82 valence electrons. The molecule has 0 aliphatic heterocycles. The Bertz CT molecular complexity index is 375. The predicted octanol–water partition coefficient (Wildman–Crippen LogP) is 2.16. The summed E-state index contributed by atoms with van der Waals surface area (Å²) >= 11 is 0. The number of benzene rings is 1. The van der Waals surface area contributed by atoms with Gasteiger partial charge in [-0.1, -0.05) is 13.8 Å². The van der Waals surface area contributed by atoms with Gasteiger partial charge in [0.15, 0.2) is 5.78 Å². The molecule has 1 atom stereocenters. The largest absolute Gasteiger partial charge is 0.385 e. The first kappa shape index (κ1) is 11.8. The number of carbonyl (C=O) groups is 1. The Morgan fingerprint density at radius 1 is 1.33 bits per heavy atom. The van der Waals surface area contributed by atoms with Crippen LogP contribution in [0.5, 0.6) is 0 Å². The molecule has 1 N–H and O–H groups in total. The molecule has 0 aromatic heterocycles. The molecule has 2 nitrogen and oxygen atoms in total. The van der Waals surface area contributed by atoms with Gasteiger partial charge >= 0.3 is 0 Å². The molecule has 0 radical (unpaired) electrons. The first-order valence-electron chi connectivity index (χ1n) is 4.61. The minimum Gasteiger partial charge on any atom is -0.385 e. The lowest BCUT2D eigenvalue weighted by Crippen LogP contribution is -2.26. The second kappa shape index (κ2) is 4.49. The van der Waals surface area contributed by atoms with Crippen LogP contribution in [0.1, 0.15) is 24.2 Å². The van der Waals surface area contributed by atoms with Crippen molar-refractivity contribution in [1.29, 1.82) is 0 Å². The molecule has 1 rings (SSSR count). The number of carbonyl (C=O) groups excluding carboxylic acids is 1. The molecular weight excluding hydrogens is 202 g/mol. The van der Waals surface area contributed by atoms with Crippen molar-refractivity contribution in [2.75, 3.05) is 0 Å². The summed E-state index contributed by atoms with van der Waals surface area (Å²) in [7, 11) is 0. The van der Waals surface area contributed by atoms with E-state index in [1.54, 1.807) is 13.8 Å². The number of rotatable bonds is 3. The Hall–Kier alpha value is -1.29. The first-order valence-corrected chi connectivity index (χ1v) is 4.61. The molecule has 0 fully saturated rings. The third-order valence-corrected chi connectivity index (χ3v) is 2.10. The standard InChI is InChI=1S/C11H12F2O2/c1-6(2)10(14)11(15)8-4-3-7(12)5-9(8)13/h3-6,10,14H,1-2H3. The molecule has 0 aliphatic rings. The van der Waals surface area contributed by atoms with Crippen LogP contribution >= 0.6 is 0 Å². The Balaban J connectivity index is 3.01. The van der Waals surface area contributed by atoms with Crippen LogP contribution in [-0.2, 0) is 0 Å². The summed E-state index contributed by atoms with van der Waals surface area (Å²) < 4.78 is 25.7. The number of halogens is 2. The van der Waals surface area contributed by atoms with E-state index in [2.05, 4.69) is 0 Å². The third kappa shape index (κ3) is 2.59. The average Bonchev–Trinajstić information content (AvgIpc) is 2.15. The molecule has 4 heteroatoms. The number of hydrogen-bond acceptors (Lipinski definition) is 2. The van der Waals surface area contributed by atoms with Crippen LogP contribution in [0, 0.1) is 17.6 Å². The van der Waals surface area contributed by atoms with Crippen molar-refractivity contribution in [3.63, 3.8) is 0 Å². The maximum Gasteiger partial charge on any atom is 0.194 e. The van der Waals surface area contributed by atoms with E-state index in [1.165, 1.54) is 0 Å². The van der Waals surface area contributed by atoms with E-state index in [-0.39, 0.29) is 11.5 Å². The normalized spacial score (nSPS) is 12.9. The summed E-state index contributed by atoms with van der Waals surface area (Å²) in [5, 5.41) is 9.43. The Morgan fingerprint density at radius 3 is 2.40 bits per heavy atom. The molecule has 15 heavy (non-hydrogen) atoms. The monoisotopic (exact) mass is 214 g/mol. The molecule has 1 aromatic rings. The van der Waals surface area contributed by atoms with Gasteiger partial charge in [-0.3, -0.25) is 4.79 Å². The number of Topliss-reactive ketones (excluding diaryl/α,β-unsaturated/α-hetero) is 1. The van der Waals surface area contributed by atoms with E-state index >= 15 is 0 Å². The second-order valence-electron chi connectivity index (χ2n) is 3.68. The quantitative estimate of drug-likeness (QED) is 0.783. The highest BCUT2D eigenvalue weighted by Gasteiger charge is 2.23. The van der Waals surface area contributed by atoms with Gasteiger partial charge in [0, 0.05) is 6.07 Å². The van der Waals surface area contributed by atoms with E-state index < -0.39 is 23.5 Å². The summed E-state index contributed by atoms with van der Waals surface area (Å²) in [6.45, 7) is 3.29. The zero-order valence-corrected chi connectivity index (χ0v) is 8.50. The molecule has 0 heterocycles. The van der Waals surface area contributed by atoms with Gasteiger partial charge in [-0.2, -0.15) is 0 Å². The fraction of sp³-hybridized carbons (Fsp3) is 0.364. The zero-order valence-electron chi connectivity index (χ0n) is 8.50. The van der Waals surface area contributed by atoms with Gasteiger partial charge < -0.3 is 5.11 Å². The second-order valence-corrected chi connectivity index (χ2v) is 3.68. The highest BCUT2D eigenvalue weighted by Crippen LogP contribution is 2.15. The zero-order chi connectivity index (χ0) is 11.6. The lowest BCUT2D eigenvalue weighted by Gasteiger charge is -2.13. The van der Waals surface area contributed by atoms with Crippen LogP contribution in [-0.4, -0.2) is 17.0 Å². The Labute approximate surface area is 86.5 Å². The van der Waals surface area contributed by atoms with Crippen LogP contribution in [0.15, 0.2) is 18.2 Å². The predicted molar refractivity (Wildman–Crippen MR) is 51.5 cm³/mol. The molecule has 0 bridgehead atoms. The van der Waals surface area contributed by atoms with Gasteiger partial charge in [-0.15, -0.1) is 0 Å². The van der Waals surface area contributed by atoms with Crippen molar-refractivity contribution in [2.45, 2.75) is 20.0 Å². The maximum atomic E-state index is 13.2. The van der Waals surface area contributed by atoms with Crippen molar-refractivity contribution >= 4 is 5.78 Å². The molecule has 0 aliphatic carbocycles. The molecule has 1 aromatic carbocycles. The van der Waals surface area contributed by atoms with Crippen molar-refractivity contribution in [3.05, 3.63) is 35.4 Å². The van der Waals surface area contributed by atoms with Crippen molar-refractivity contribution in [3.8, 4) is 0 Å². The summed E-state index contributed by atoms with van der Waals surface area (Å²) in [6, 6.07) is 2.66. The van der Waals surface area contributed by atoms with Crippen LogP contribution in [0.4, 0.5) is 8.78 Å². The topological polar surface area (TPSA) is 37.3 Å². The van der Waals surface area contributed by atoms with E-state index in [4.69, 9.17) is 0 Å². The number of hydrogen-bond donors (Lipinski definition) is 1. The van der Waals surface area contributed by atoms with E-state index in [1.807, 2.05) is 0 Å². The smallest absolute Gasteiger partial charge is 0.194 e. The van der Waals surface area contributed by atoms with Crippen molar-refractivity contribution < 1.29 is 18.7 Å². The van der Waals surface area contributed by atoms with Gasteiger partial charge in [0.2, 0.25) is 0 Å². The van der Waals surface area contributed by atoms with E-state index in [0.717, 1.165) is 12.1 Å². The van der Waals surface area contributed by atoms with Gasteiger partial charge in [0.25, 0.3) is 0 Å². The fourth-order valence-electron chi connectivity index (χ4n) is 1.15. The molecular formula is C11H12F2O2. The minimum atomic E-state index is -1.26. The minimum absolute atomic E-state index is 0.280. The summed E-state index contributed by atoms with van der Waals surface area (Å²) in [4.78, 5) is 11.5. The van der Waals surface area contributed by atoms with Gasteiger partial charge in [0.05, 0.1) is 5.56 Å². The highest BCUT2D eigenvalue weighted by molar-refractivity contribution is 5.99. The highest BCUT2D eigenvalue weighted by atomic mass is 19.1. The number of aliphatic hydroxyl groups excluding tert-OH is 1. The van der Waals surface area contributed by atoms with Gasteiger partial charge in [-0.25, -0.2) is 8.78 Å². The van der Waals surface area contributed by atoms with Crippen LogP contribution < -0.4 is 0 Å². The van der Waals surface area contributed by atoms with Gasteiger partial charge in [-0.05, 0) is 18.1 Å². The van der Waals surface area contributed by atoms with Crippen LogP contribution in [0.3, 0.4) is 0 Å². The fourth-order valence-corrected chi connectivity index (χ4v) is 1.15. The molecule has 0 saturated heterocycles. The lowest BCUT2D eigenvalue weighted by atomic mass is 9.97. The summed E-state index contributed by atoms with van der Waals surface area (Å²) in [5.74, 6) is -2.72. The van der Waals surface area contributed by atoms with E-state index in [0.29, 0.717) is 6.07 Å².